The van der Waals surface area contributed by atoms with Crippen molar-refractivity contribution in [3.63, 3.8) is 0 Å². The van der Waals surface area contributed by atoms with E-state index in [1.54, 1.807) is 11.3 Å². The van der Waals surface area contributed by atoms with Crippen LogP contribution in [-0.2, 0) is 6.54 Å². The van der Waals surface area contributed by atoms with Gasteiger partial charge in [-0.25, -0.2) is 0 Å². The molecule has 0 spiro atoms. The standard InChI is InChI=1S/C13H16N4OS/c1-7-2-5-9(19-7)6-15-13(18)12-10(14)11(16-17-12)8-3-4-8/h2,5,8H,3-4,6,14H2,1H3,(H,15,18)(H,16,17). The van der Waals surface area contributed by atoms with Crippen molar-refractivity contribution in [3.05, 3.63) is 33.3 Å². The summed E-state index contributed by atoms with van der Waals surface area (Å²) in [6.07, 6.45) is 2.25. The van der Waals surface area contributed by atoms with E-state index in [1.165, 1.54) is 4.88 Å². The largest absolute Gasteiger partial charge is 0.395 e. The fraction of sp³-hybridized carbons (Fsp3) is 0.385. The van der Waals surface area contributed by atoms with Crippen molar-refractivity contribution in [1.29, 1.82) is 0 Å². The van der Waals surface area contributed by atoms with Crippen LogP contribution in [0.5, 0.6) is 0 Å². The molecule has 0 aromatic carbocycles. The van der Waals surface area contributed by atoms with E-state index in [-0.39, 0.29) is 5.91 Å². The van der Waals surface area contributed by atoms with Gasteiger partial charge in [-0.3, -0.25) is 9.89 Å². The summed E-state index contributed by atoms with van der Waals surface area (Å²) < 4.78 is 0. The Balaban J connectivity index is 1.66. The van der Waals surface area contributed by atoms with Crippen LogP contribution in [-0.4, -0.2) is 16.1 Å². The number of hydrogen-bond acceptors (Lipinski definition) is 4. The van der Waals surface area contributed by atoms with E-state index in [4.69, 9.17) is 5.73 Å². The number of anilines is 1. The molecule has 2 aromatic heterocycles. The molecular weight excluding hydrogens is 260 g/mol. The molecule has 5 nitrogen and oxygen atoms in total. The Bertz CT molecular complexity index is 612. The second-order valence-electron chi connectivity index (χ2n) is 4.87. The minimum Gasteiger partial charge on any atom is -0.395 e. The summed E-state index contributed by atoms with van der Waals surface area (Å²) in [6, 6.07) is 4.06. The van der Waals surface area contributed by atoms with Gasteiger partial charge in [0.15, 0.2) is 5.69 Å². The molecule has 0 saturated heterocycles. The van der Waals surface area contributed by atoms with E-state index >= 15 is 0 Å². The van der Waals surface area contributed by atoms with Gasteiger partial charge in [-0.15, -0.1) is 11.3 Å². The zero-order valence-corrected chi connectivity index (χ0v) is 11.5. The Labute approximate surface area is 115 Å². The van der Waals surface area contributed by atoms with Gasteiger partial charge in [0.1, 0.15) is 0 Å². The second-order valence-corrected chi connectivity index (χ2v) is 6.24. The van der Waals surface area contributed by atoms with Gasteiger partial charge in [-0.2, -0.15) is 5.10 Å². The normalized spacial score (nSPS) is 14.6. The maximum absolute atomic E-state index is 12.0. The summed E-state index contributed by atoms with van der Waals surface area (Å²) in [5, 5.41) is 9.77. The summed E-state index contributed by atoms with van der Waals surface area (Å²) in [4.78, 5) is 14.4. The molecular formula is C13H16N4OS. The fourth-order valence-electron chi connectivity index (χ4n) is 2.05. The summed E-state index contributed by atoms with van der Waals surface area (Å²) in [5.74, 6) is 0.251. The monoisotopic (exact) mass is 276 g/mol. The smallest absolute Gasteiger partial charge is 0.274 e. The second kappa shape index (κ2) is 4.70. The molecule has 0 bridgehead atoms. The Morgan fingerprint density at radius 1 is 1.58 bits per heavy atom. The third-order valence-electron chi connectivity index (χ3n) is 3.25. The number of nitrogen functional groups attached to an aromatic ring is 1. The number of thiophene rings is 1. The van der Waals surface area contributed by atoms with Crippen LogP contribution in [0.25, 0.3) is 0 Å². The molecule has 100 valence electrons. The van der Waals surface area contributed by atoms with Gasteiger partial charge in [0.2, 0.25) is 0 Å². The van der Waals surface area contributed by atoms with Crippen molar-refractivity contribution < 1.29 is 4.79 Å². The number of aromatic amines is 1. The highest BCUT2D eigenvalue weighted by molar-refractivity contribution is 7.11. The lowest BCUT2D eigenvalue weighted by atomic mass is 10.2. The van der Waals surface area contributed by atoms with Gasteiger partial charge in [0.25, 0.3) is 5.91 Å². The number of carbonyl (C=O) groups excluding carboxylic acids is 1. The summed E-state index contributed by atoms with van der Waals surface area (Å²) in [7, 11) is 0. The minimum absolute atomic E-state index is 0.216. The Morgan fingerprint density at radius 2 is 2.37 bits per heavy atom. The lowest BCUT2D eigenvalue weighted by Gasteiger charge is -2.02. The van der Waals surface area contributed by atoms with Crippen molar-refractivity contribution in [2.45, 2.75) is 32.2 Å². The molecule has 0 unspecified atom stereocenters. The fourth-order valence-corrected chi connectivity index (χ4v) is 2.88. The SMILES string of the molecule is Cc1ccc(CNC(=O)c2n[nH]c(C3CC3)c2N)s1. The topological polar surface area (TPSA) is 83.8 Å². The molecule has 1 saturated carbocycles. The maximum Gasteiger partial charge on any atom is 0.274 e. The highest BCUT2D eigenvalue weighted by Gasteiger charge is 2.30. The van der Waals surface area contributed by atoms with Gasteiger partial charge in [0, 0.05) is 15.7 Å². The van der Waals surface area contributed by atoms with Crippen LogP contribution in [0.1, 0.15) is 44.7 Å². The van der Waals surface area contributed by atoms with Crippen LogP contribution in [0.15, 0.2) is 12.1 Å². The Hall–Kier alpha value is -1.82. The summed E-state index contributed by atoms with van der Waals surface area (Å²) in [5.41, 5.74) is 7.70. The van der Waals surface area contributed by atoms with Crippen molar-refractivity contribution in [3.8, 4) is 0 Å². The predicted molar refractivity (Wildman–Crippen MR) is 75.2 cm³/mol. The van der Waals surface area contributed by atoms with Gasteiger partial charge in [-0.1, -0.05) is 0 Å². The first kappa shape index (κ1) is 12.2. The molecule has 4 N–H and O–H groups in total. The minimum atomic E-state index is -0.216. The van der Waals surface area contributed by atoms with Crippen LogP contribution in [0.4, 0.5) is 5.69 Å². The highest BCUT2D eigenvalue weighted by Crippen LogP contribution is 2.42. The quantitative estimate of drug-likeness (QED) is 0.800. The number of nitrogens with one attached hydrogen (secondary N) is 2. The molecule has 6 heteroatoms. The molecule has 0 aliphatic heterocycles. The molecule has 2 heterocycles. The number of H-pyrrole nitrogens is 1. The van der Waals surface area contributed by atoms with Crippen LogP contribution in [0, 0.1) is 6.92 Å². The molecule has 1 aliphatic carbocycles. The highest BCUT2D eigenvalue weighted by atomic mass is 32.1. The van der Waals surface area contributed by atoms with Crippen molar-refractivity contribution in [2.75, 3.05) is 5.73 Å². The number of aryl methyl sites for hydroxylation is 1. The molecule has 0 radical (unpaired) electrons. The number of hydrogen-bond donors (Lipinski definition) is 3. The van der Waals surface area contributed by atoms with Crippen LogP contribution in [0.3, 0.4) is 0 Å². The van der Waals surface area contributed by atoms with E-state index < -0.39 is 0 Å². The lowest BCUT2D eigenvalue weighted by molar-refractivity contribution is 0.0947. The zero-order chi connectivity index (χ0) is 13.4. The van der Waals surface area contributed by atoms with Gasteiger partial charge < -0.3 is 11.1 Å². The number of carbonyl (C=O) groups is 1. The number of nitrogens with two attached hydrogens (primary N) is 1. The molecule has 1 fully saturated rings. The molecule has 1 aliphatic rings. The zero-order valence-electron chi connectivity index (χ0n) is 10.7. The summed E-state index contributed by atoms with van der Waals surface area (Å²) in [6.45, 7) is 2.56. The van der Waals surface area contributed by atoms with Crippen molar-refractivity contribution in [1.82, 2.24) is 15.5 Å². The van der Waals surface area contributed by atoms with E-state index in [0.717, 1.165) is 23.4 Å². The number of amides is 1. The van der Waals surface area contributed by atoms with E-state index in [0.29, 0.717) is 23.8 Å². The van der Waals surface area contributed by atoms with Crippen molar-refractivity contribution in [2.24, 2.45) is 0 Å². The average molecular weight is 276 g/mol. The third kappa shape index (κ3) is 2.49. The molecule has 2 aromatic rings. The van der Waals surface area contributed by atoms with Gasteiger partial charge >= 0.3 is 0 Å². The first-order valence-electron chi connectivity index (χ1n) is 6.32. The van der Waals surface area contributed by atoms with Crippen LogP contribution >= 0.6 is 11.3 Å². The molecule has 0 atom stereocenters. The molecule has 1 amide bonds. The number of nitrogens with zero attached hydrogens (tertiary/aromatic N) is 1. The first-order chi connectivity index (χ1) is 9.15. The van der Waals surface area contributed by atoms with Crippen molar-refractivity contribution >= 4 is 22.9 Å². The van der Waals surface area contributed by atoms with E-state index in [9.17, 15) is 4.79 Å². The average Bonchev–Trinajstić information content (AvgIpc) is 3.03. The number of aromatic nitrogens is 2. The summed E-state index contributed by atoms with van der Waals surface area (Å²) >= 11 is 1.68. The first-order valence-corrected chi connectivity index (χ1v) is 7.14. The third-order valence-corrected chi connectivity index (χ3v) is 4.25. The van der Waals surface area contributed by atoms with E-state index in [1.807, 2.05) is 19.1 Å². The van der Waals surface area contributed by atoms with Crippen LogP contribution in [0.2, 0.25) is 0 Å². The lowest BCUT2D eigenvalue weighted by Crippen LogP contribution is -2.23. The van der Waals surface area contributed by atoms with E-state index in [2.05, 4.69) is 15.5 Å². The Morgan fingerprint density at radius 3 is 3.00 bits per heavy atom. The van der Waals surface area contributed by atoms with Gasteiger partial charge in [-0.05, 0) is 31.9 Å². The molecule has 19 heavy (non-hydrogen) atoms. The van der Waals surface area contributed by atoms with Gasteiger partial charge in [0.05, 0.1) is 17.9 Å². The number of rotatable bonds is 4. The maximum atomic E-state index is 12.0. The predicted octanol–water partition coefficient (Wildman–Crippen LogP) is 2.17. The Kier molecular flexibility index (Phi) is 3.02. The molecule has 3 rings (SSSR count). The van der Waals surface area contributed by atoms with Crippen LogP contribution < -0.4 is 11.1 Å².